The summed E-state index contributed by atoms with van der Waals surface area (Å²) in [7, 11) is 0. The Balaban J connectivity index is 2.29. The third kappa shape index (κ3) is 3.15. The van der Waals surface area contributed by atoms with Gasteiger partial charge in [0.2, 0.25) is 0 Å². The zero-order valence-corrected chi connectivity index (χ0v) is 11.8. The second-order valence-electron chi connectivity index (χ2n) is 3.55. The van der Waals surface area contributed by atoms with Gasteiger partial charge >= 0.3 is 0 Å². The highest BCUT2D eigenvalue weighted by atomic mass is 35.5. The van der Waals surface area contributed by atoms with Gasteiger partial charge in [0.25, 0.3) is 0 Å². The van der Waals surface area contributed by atoms with E-state index < -0.39 is 0 Å². The summed E-state index contributed by atoms with van der Waals surface area (Å²) < 4.78 is 1.03. The normalized spacial score (nSPS) is 10.7. The van der Waals surface area contributed by atoms with Crippen molar-refractivity contribution in [2.75, 3.05) is 11.5 Å². The molecule has 0 fully saturated rings. The Kier molecular flexibility index (Phi) is 4.31. The molecule has 0 unspecified atom stereocenters. The molecular formula is C12H13ClN2S2. The Labute approximate surface area is 114 Å². The highest BCUT2D eigenvalue weighted by molar-refractivity contribution is 8.01. The first kappa shape index (κ1) is 12.7. The summed E-state index contributed by atoms with van der Waals surface area (Å²) in [4.78, 5) is 4.56. The summed E-state index contributed by atoms with van der Waals surface area (Å²) in [5.74, 6) is 1.07. The summed E-state index contributed by atoms with van der Waals surface area (Å²) in [6.45, 7) is 2.15. The molecule has 0 radical (unpaired) electrons. The molecule has 0 aliphatic heterocycles. The minimum absolute atomic E-state index is 0.706. The standard InChI is InChI=1S/C12H13ClN2S2/c1-2-6-16-12-15-10(11(14)17-12)8-4-3-5-9(13)7-8/h3-5,7H,2,6,14H2,1H3. The SMILES string of the molecule is CCCSc1nc(-c2cccc(Cl)c2)c(N)s1. The van der Waals surface area contributed by atoms with E-state index in [0.29, 0.717) is 5.02 Å². The molecule has 2 rings (SSSR count). The first-order chi connectivity index (χ1) is 8.20. The molecule has 0 saturated carbocycles. The number of thiazole rings is 1. The zero-order chi connectivity index (χ0) is 12.3. The third-order valence-electron chi connectivity index (χ3n) is 2.16. The van der Waals surface area contributed by atoms with Crippen molar-refractivity contribution >= 4 is 39.7 Å². The van der Waals surface area contributed by atoms with Crippen LogP contribution in [0, 0.1) is 0 Å². The number of hydrogen-bond donors (Lipinski definition) is 1. The van der Waals surface area contributed by atoms with Crippen molar-refractivity contribution in [1.29, 1.82) is 0 Å². The molecule has 2 aromatic rings. The number of nitrogens with two attached hydrogens (primary N) is 1. The molecule has 0 atom stereocenters. The smallest absolute Gasteiger partial charge is 0.152 e. The highest BCUT2D eigenvalue weighted by Gasteiger charge is 2.10. The maximum absolute atomic E-state index is 5.99. The van der Waals surface area contributed by atoms with Gasteiger partial charge in [0, 0.05) is 16.3 Å². The maximum atomic E-state index is 5.99. The molecule has 1 heterocycles. The van der Waals surface area contributed by atoms with E-state index in [1.807, 2.05) is 24.3 Å². The Bertz CT molecular complexity index is 511. The fourth-order valence-electron chi connectivity index (χ4n) is 1.41. The number of aromatic nitrogens is 1. The van der Waals surface area contributed by atoms with Crippen LogP contribution in [0.1, 0.15) is 13.3 Å². The minimum Gasteiger partial charge on any atom is -0.389 e. The van der Waals surface area contributed by atoms with Crippen molar-refractivity contribution in [2.24, 2.45) is 0 Å². The van der Waals surface area contributed by atoms with Crippen LogP contribution in [0.25, 0.3) is 11.3 Å². The highest BCUT2D eigenvalue weighted by Crippen LogP contribution is 2.36. The average molecular weight is 285 g/mol. The van der Waals surface area contributed by atoms with Gasteiger partial charge in [-0.1, -0.05) is 53.8 Å². The molecule has 17 heavy (non-hydrogen) atoms. The molecule has 0 aliphatic carbocycles. The summed E-state index contributed by atoms with van der Waals surface area (Å²) >= 11 is 9.26. The number of nitrogens with zero attached hydrogens (tertiary/aromatic N) is 1. The summed E-state index contributed by atoms with van der Waals surface area (Å²) in [6.07, 6.45) is 1.14. The molecule has 5 heteroatoms. The Morgan fingerprint density at radius 3 is 3.00 bits per heavy atom. The molecule has 0 saturated heterocycles. The van der Waals surface area contributed by atoms with Crippen LogP contribution in [0.3, 0.4) is 0 Å². The predicted octanol–water partition coefficient (Wildman–Crippen LogP) is 4.55. The topological polar surface area (TPSA) is 38.9 Å². The van der Waals surface area contributed by atoms with E-state index in [4.69, 9.17) is 17.3 Å². The van der Waals surface area contributed by atoms with Crippen molar-refractivity contribution < 1.29 is 0 Å². The molecular weight excluding hydrogens is 272 g/mol. The Morgan fingerprint density at radius 2 is 2.29 bits per heavy atom. The van der Waals surface area contributed by atoms with Crippen LogP contribution in [-0.2, 0) is 0 Å². The quantitative estimate of drug-likeness (QED) is 0.837. The number of halogens is 1. The lowest BCUT2D eigenvalue weighted by Crippen LogP contribution is -1.85. The van der Waals surface area contributed by atoms with E-state index in [1.165, 1.54) is 0 Å². The van der Waals surface area contributed by atoms with Crippen LogP contribution in [0.15, 0.2) is 28.6 Å². The molecule has 2 N–H and O–H groups in total. The van der Waals surface area contributed by atoms with Crippen molar-refractivity contribution in [1.82, 2.24) is 4.98 Å². The van der Waals surface area contributed by atoms with Crippen molar-refractivity contribution in [3.05, 3.63) is 29.3 Å². The molecule has 0 bridgehead atoms. The van der Waals surface area contributed by atoms with Gasteiger partial charge in [-0.2, -0.15) is 0 Å². The van der Waals surface area contributed by atoms with Gasteiger partial charge in [0.15, 0.2) is 4.34 Å². The third-order valence-corrected chi connectivity index (χ3v) is 4.63. The fraction of sp³-hybridized carbons (Fsp3) is 0.250. The molecule has 1 aromatic heterocycles. The van der Waals surface area contributed by atoms with Crippen molar-refractivity contribution in [3.63, 3.8) is 0 Å². The monoisotopic (exact) mass is 284 g/mol. The Morgan fingerprint density at radius 1 is 1.47 bits per heavy atom. The molecule has 0 spiro atoms. The number of benzene rings is 1. The molecule has 0 amide bonds. The zero-order valence-electron chi connectivity index (χ0n) is 9.44. The van der Waals surface area contributed by atoms with Crippen LogP contribution in [0.5, 0.6) is 0 Å². The first-order valence-electron chi connectivity index (χ1n) is 5.35. The summed E-state index contributed by atoms with van der Waals surface area (Å²) in [5.41, 5.74) is 7.82. The van der Waals surface area contributed by atoms with Crippen LogP contribution in [0.2, 0.25) is 5.02 Å². The van der Waals surface area contributed by atoms with E-state index in [9.17, 15) is 0 Å². The van der Waals surface area contributed by atoms with Gasteiger partial charge in [-0.15, -0.1) is 0 Å². The number of rotatable bonds is 4. The molecule has 90 valence electrons. The molecule has 1 aromatic carbocycles. The van der Waals surface area contributed by atoms with E-state index >= 15 is 0 Å². The fourth-order valence-corrected chi connectivity index (χ4v) is 3.47. The van der Waals surface area contributed by atoms with Crippen LogP contribution in [0.4, 0.5) is 5.00 Å². The van der Waals surface area contributed by atoms with Gasteiger partial charge in [-0.3, -0.25) is 0 Å². The maximum Gasteiger partial charge on any atom is 0.152 e. The van der Waals surface area contributed by atoms with Crippen molar-refractivity contribution in [2.45, 2.75) is 17.7 Å². The van der Waals surface area contributed by atoms with E-state index in [-0.39, 0.29) is 0 Å². The lowest BCUT2D eigenvalue weighted by Gasteiger charge is -1.98. The van der Waals surface area contributed by atoms with E-state index in [0.717, 1.165) is 32.8 Å². The van der Waals surface area contributed by atoms with Crippen LogP contribution in [-0.4, -0.2) is 10.7 Å². The number of anilines is 1. The van der Waals surface area contributed by atoms with Gasteiger partial charge < -0.3 is 5.73 Å². The lowest BCUT2D eigenvalue weighted by molar-refractivity contribution is 1.10. The van der Waals surface area contributed by atoms with Crippen LogP contribution >= 0.6 is 34.7 Å². The number of hydrogen-bond acceptors (Lipinski definition) is 4. The summed E-state index contributed by atoms with van der Waals surface area (Å²) in [6, 6.07) is 7.63. The number of nitrogen functional groups attached to an aromatic ring is 1. The molecule has 0 aliphatic rings. The Hall–Kier alpha value is -0.710. The number of thioether (sulfide) groups is 1. The van der Waals surface area contributed by atoms with E-state index in [1.54, 1.807) is 23.1 Å². The van der Waals surface area contributed by atoms with E-state index in [2.05, 4.69) is 11.9 Å². The van der Waals surface area contributed by atoms with Gasteiger partial charge in [-0.05, 0) is 18.6 Å². The second-order valence-corrected chi connectivity index (χ2v) is 6.36. The van der Waals surface area contributed by atoms with Crippen LogP contribution < -0.4 is 5.73 Å². The first-order valence-corrected chi connectivity index (χ1v) is 7.53. The largest absolute Gasteiger partial charge is 0.389 e. The van der Waals surface area contributed by atoms with Gasteiger partial charge in [0.1, 0.15) is 10.7 Å². The van der Waals surface area contributed by atoms with Crippen molar-refractivity contribution in [3.8, 4) is 11.3 Å². The van der Waals surface area contributed by atoms with Gasteiger partial charge in [0.05, 0.1) is 0 Å². The molecule has 2 nitrogen and oxygen atoms in total. The average Bonchev–Trinajstić information content (AvgIpc) is 2.68. The predicted molar refractivity (Wildman–Crippen MR) is 78.0 cm³/mol. The lowest BCUT2D eigenvalue weighted by atomic mass is 10.2. The van der Waals surface area contributed by atoms with Gasteiger partial charge in [-0.25, -0.2) is 4.98 Å². The minimum atomic E-state index is 0.706. The summed E-state index contributed by atoms with van der Waals surface area (Å²) in [5, 5.41) is 1.46. The second kappa shape index (κ2) is 5.76.